The summed E-state index contributed by atoms with van der Waals surface area (Å²) >= 11 is 0. The van der Waals surface area contributed by atoms with Crippen molar-refractivity contribution in [3.05, 3.63) is 32.4 Å². The van der Waals surface area contributed by atoms with Crippen molar-refractivity contribution < 1.29 is 14.8 Å². The van der Waals surface area contributed by atoms with Crippen LogP contribution in [-0.4, -0.2) is 22.2 Å². The van der Waals surface area contributed by atoms with Crippen molar-refractivity contribution in [2.24, 2.45) is 0 Å². The van der Waals surface area contributed by atoms with E-state index in [2.05, 4.69) is 11.8 Å². The quantitative estimate of drug-likeness (QED) is 0.206. The molecule has 0 bridgehead atoms. The predicted octanol–water partition coefficient (Wildman–Crippen LogP) is 4.32. The fourth-order valence-corrected chi connectivity index (χ4v) is 2.26. The lowest BCUT2D eigenvalue weighted by molar-refractivity contribution is -0.778. The Balaban J connectivity index is 4.53. The van der Waals surface area contributed by atoms with Gasteiger partial charge in [-0.3, -0.25) is 10.1 Å². The normalized spacial score (nSPS) is 13.9. The molecular weight excluding hydrogens is 288 g/mol. The van der Waals surface area contributed by atoms with Gasteiger partial charge in [-0.1, -0.05) is 58.1 Å². The van der Waals surface area contributed by atoms with Gasteiger partial charge in [0, 0.05) is 11.3 Å². The molecule has 0 aromatic rings. The molecule has 128 valence electrons. The van der Waals surface area contributed by atoms with Gasteiger partial charge in [-0.15, -0.1) is 10.1 Å². The van der Waals surface area contributed by atoms with Crippen molar-refractivity contribution in [3.63, 3.8) is 0 Å². The molecule has 0 aliphatic rings. The second-order valence-corrected chi connectivity index (χ2v) is 5.42. The lowest BCUT2D eigenvalue weighted by Crippen LogP contribution is -2.37. The first-order valence-electron chi connectivity index (χ1n) is 8.12. The maximum Gasteiger partial charge on any atom is 0.295 e. The first-order valence-corrected chi connectivity index (χ1v) is 8.12. The van der Waals surface area contributed by atoms with Gasteiger partial charge in [0.05, 0.1) is 0 Å². The molecule has 0 amide bonds. The molecule has 0 saturated heterocycles. The van der Waals surface area contributed by atoms with E-state index in [1.807, 2.05) is 13.0 Å². The standard InChI is InChI=1S/C15H28N2O5/c1-3-5-7-8-9-11-12-14(16(18)19)15(22-17(20)21)13-10-6-4-2/h9,11,14-15H,3-8,10,12-13H2,1-2H3/b11-9-. The van der Waals surface area contributed by atoms with Gasteiger partial charge in [-0.05, 0) is 19.3 Å². The molecule has 0 heterocycles. The van der Waals surface area contributed by atoms with Crippen LogP contribution < -0.4 is 0 Å². The van der Waals surface area contributed by atoms with Crippen LogP contribution in [0.1, 0.15) is 71.6 Å². The zero-order valence-electron chi connectivity index (χ0n) is 13.6. The fourth-order valence-electron chi connectivity index (χ4n) is 2.26. The monoisotopic (exact) mass is 316 g/mol. The lowest BCUT2D eigenvalue weighted by Gasteiger charge is -2.18. The Morgan fingerprint density at radius 2 is 1.64 bits per heavy atom. The van der Waals surface area contributed by atoms with Crippen molar-refractivity contribution in [1.82, 2.24) is 0 Å². The summed E-state index contributed by atoms with van der Waals surface area (Å²) in [5.41, 5.74) is 0. The third kappa shape index (κ3) is 10.1. The maximum atomic E-state index is 11.2. The van der Waals surface area contributed by atoms with Gasteiger partial charge in [0.25, 0.3) is 5.09 Å². The van der Waals surface area contributed by atoms with Crippen LogP contribution in [0.2, 0.25) is 0 Å². The molecule has 0 aromatic heterocycles. The molecule has 2 unspecified atom stereocenters. The van der Waals surface area contributed by atoms with Crippen molar-refractivity contribution in [2.45, 2.75) is 83.8 Å². The molecule has 2 atom stereocenters. The highest BCUT2D eigenvalue weighted by Crippen LogP contribution is 2.16. The smallest absolute Gasteiger partial charge is 0.295 e. The minimum absolute atomic E-state index is 0.170. The highest BCUT2D eigenvalue weighted by molar-refractivity contribution is 4.86. The van der Waals surface area contributed by atoms with Gasteiger partial charge in [0.1, 0.15) is 0 Å². The van der Waals surface area contributed by atoms with Crippen LogP contribution >= 0.6 is 0 Å². The first kappa shape index (κ1) is 20.3. The van der Waals surface area contributed by atoms with E-state index in [-0.39, 0.29) is 6.42 Å². The van der Waals surface area contributed by atoms with E-state index in [1.54, 1.807) is 6.08 Å². The Kier molecular flexibility index (Phi) is 12.1. The van der Waals surface area contributed by atoms with Gasteiger partial charge >= 0.3 is 0 Å². The molecule has 22 heavy (non-hydrogen) atoms. The van der Waals surface area contributed by atoms with Crippen LogP contribution in [0.4, 0.5) is 0 Å². The Bertz CT molecular complexity index is 347. The number of rotatable bonds is 14. The van der Waals surface area contributed by atoms with Crippen molar-refractivity contribution in [1.29, 1.82) is 0 Å². The highest BCUT2D eigenvalue weighted by atomic mass is 17.0. The van der Waals surface area contributed by atoms with Crippen molar-refractivity contribution >= 4 is 0 Å². The molecular formula is C15H28N2O5. The summed E-state index contributed by atoms with van der Waals surface area (Å²) in [6.07, 6.45) is 9.93. The molecule has 0 spiro atoms. The summed E-state index contributed by atoms with van der Waals surface area (Å²) in [5.74, 6) is 0. The van der Waals surface area contributed by atoms with Gasteiger partial charge < -0.3 is 4.84 Å². The Morgan fingerprint density at radius 1 is 1.00 bits per heavy atom. The number of hydrogen-bond acceptors (Lipinski definition) is 5. The van der Waals surface area contributed by atoms with E-state index >= 15 is 0 Å². The average molecular weight is 316 g/mol. The van der Waals surface area contributed by atoms with Crippen LogP contribution in [0.3, 0.4) is 0 Å². The molecule has 0 saturated carbocycles. The molecule has 0 radical (unpaired) electrons. The van der Waals surface area contributed by atoms with E-state index in [0.29, 0.717) is 12.8 Å². The van der Waals surface area contributed by atoms with Crippen LogP contribution in [0, 0.1) is 20.2 Å². The number of nitrogens with zero attached hydrogens (tertiary/aromatic N) is 2. The Hall–Kier alpha value is -1.66. The van der Waals surface area contributed by atoms with Gasteiger partial charge in [-0.25, -0.2) is 0 Å². The summed E-state index contributed by atoms with van der Waals surface area (Å²) in [4.78, 5) is 25.9. The SMILES string of the molecule is CCCCC/C=C\CC(C(CCCCC)O[N+](=O)[O-])[N+](=O)[O-]. The molecule has 7 heteroatoms. The summed E-state index contributed by atoms with van der Waals surface area (Å²) in [6, 6.07) is -1.07. The summed E-state index contributed by atoms with van der Waals surface area (Å²) in [7, 11) is 0. The third-order valence-corrected chi connectivity index (χ3v) is 3.53. The Labute approximate surface area is 132 Å². The highest BCUT2D eigenvalue weighted by Gasteiger charge is 2.33. The van der Waals surface area contributed by atoms with Crippen LogP contribution in [-0.2, 0) is 4.84 Å². The molecule has 0 rings (SSSR count). The van der Waals surface area contributed by atoms with Gasteiger partial charge in [0.2, 0.25) is 6.04 Å². The van der Waals surface area contributed by atoms with Gasteiger partial charge in [-0.2, -0.15) is 0 Å². The average Bonchev–Trinajstić information content (AvgIpc) is 2.45. The minimum atomic E-state index is -1.07. The number of allylic oxidation sites excluding steroid dienone is 1. The largest absolute Gasteiger partial charge is 0.303 e. The zero-order chi connectivity index (χ0) is 16.8. The van der Waals surface area contributed by atoms with E-state index in [0.717, 1.165) is 38.5 Å². The second kappa shape index (κ2) is 13.0. The van der Waals surface area contributed by atoms with Crippen LogP contribution in [0.25, 0.3) is 0 Å². The number of unbranched alkanes of at least 4 members (excludes halogenated alkanes) is 5. The summed E-state index contributed by atoms with van der Waals surface area (Å²) in [5, 5.41) is 20.8. The van der Waals surface area contributed by atoms with E-state index in [4.69, 9.17) is 0 Å². The van der Waals surface area contributed by atoms with E-state index < -0.39 is 22.2 Å². The molecule has 0 fully saturated rings. The van der Waals surface area contributed by atoms with Crippen LogP contribution in [0.5, 0.6) is 0 Å². The minimum Gasteiger partial charge on any atom is -0.303 e. The first-order chi connectivity index (χ1) is 10.5. The van der Waals surface area contributed by atoms with Crippen molar-refractivity contribution in [2.75, 3.05) is 0 Å². The second-order valence-electron chi connectivity index (χ2n) is 5.42. The summed E-state index contributed by atoms with van der Waals surface area (Å²) in [6.45, 7) is 4.12. The molecule has 0 N–H and O–H groups in total. The number of nitro groups is 1. The lowest BCUT2D eigenvalue weighted by atomic mass is 10.0. The third-order valence-electron chi connectivity index (χ3n) is 3.53. The molecule has 7 nitrogen and oxygen atoms in total. The Morgan fingerprint density at radius 3 is 2.18 bits per heavy atom. The molecule has 0 aliphatic carbocycles. The van der Waals surface area contributed by atoms with E-state index in [9.17, 15) is 20.2 Å². The van der Waals surface area contributed by atoms with Gasteiger partial charge in [0.15, 0.2) is 6.10 Å². The van der Waals surface area contributed by atoms with Crippen LogP contribution in [0.15, 0.2) is 12.2 Å². The van der Waals surface area contributed by atoms with E-state index in [1.165, 1.54) is 0 Å². The topological polar surface area (TPSA) is 95.5 Å². The fraction of sp³-hybridized carbons (Fsp3) is 0.867. The number of hydrogen-bond donors (Lipinski definition) is 0. The maximum absolute atomic E-state index is 11.2. The predicted molar refractivity (Wildman–Crippen MR) is 84.7 cm³/mol. The summed E-state index contributed by atoms with van der Waals surface area (Å²) < 4.78 is 0. The zero-order valence-corrected chi connectivity index (χ0v) is 13.6. The molecule has 0 aliphatic heterocycles. The van der Waals surface area contributed by atoms with Crippen molar-refractivity contribution in [3.8, 4) is 0 Å². The molecule has 0 aromatic carbocycles.